The lowest BCUT2D eigenvalue weighted by atomic mass is 10.2. The van der Waals surface area contributed by atoms with Gasteiger partial charge in [-0.15, -0.1) is 11.3 Å². The average Bonchev–Trinajstić information content (AvgIpc) is 2.94. The van der Waals surface area contributed by atoms with Gasteiger partial charge in [0, 0.05) is 32.7 Å². The number of hydrogen-bond donors (Lipinski definition) is 0. The second kappa shape index (κ2) is 6.01. The fourth-order valence-electron chi connectivity index (χ4n) is 2.12. The van der Waals surface area contributed by atoms with Gasteiger partial charge in [-0.2, -0.15) is 9.57 Å². The van der Waals surface area contributed by atoms with Crippen molar-refractivity contribution >= 4 is 21.4 Å². The van der Waals surface area contributed by atoms with Crippen LogP contribution < -0.4 is 0 Å². The number of rotatable bonds is 4. The maximum absolute atomic E-state index is 12.3. The van der Waals surface area contributed by atoms with E-state index in [-0.39, 0.29) is 5.92 Å². The van der Waals surface area contributed by atoms with E-state index in [4.69, 9.17) is 5.26 Å². The molecule has 1 atom stereocenters. The number of piperazine rings is 1. The standard InChI is InChI=1S/C12H17N3O2S2/c1-11(9-13)10-14-4-6-15(7-5-14)19(16,17)12-3-2-8-18-12/h2-3,8,11H,4-7,10H2,1H3/t11-/m1/s1. The summed E-state index contributed by atoms with van der Waals surface area (Å²) in [7, 11) is -3.32. The Labute approximate surface area is 118 Å². The van der Waals surface area contributed by atoms with E-state index in [0.29, 0.717) is 36.9 Å². The average molecular weight is 299 g/mol. The maximum atomic E-state index is 12.3. The van der Waals surface area contributed by atoms with Crippen molar-refractivity contribution in [3.63, 3.8) is 0 Å². The SMILES string of the molecule is C[C@H](C#N)CN1CCN(S(=O)(=O)c2cccs2)CC1. The summed E-state index contributed by atoms with van der Waals surface area (Å²) in [5.41, 5.74) is 0. The molecule has 0 bridgehead atoms. The van der Waals surface area contributed by atoms with E-state index in [0.717, 1.165) is 0 Å². The predicted octanol–water partition coefficient (Wildman–Crippen LogP) is 1.21. The van der Waals surface area contributed by atoms with E-state index in [2.05, 4.69) is 11.0 Å². The molecule has 0 N–H and O–H groups in total. The third-order valence-corrected chi connectivity index (χ3v) is 6.44. The van der Waals surface area contributed by atoms with Crippen LogP contribution >= 0.6 is 11.3 Å². The molecule has 19 heavy (non-hydrogen) atoms. The van der Waals surface area contributed by atoms with Crippen LogP contribution in [0.1, 0.15) is 6.92 Å². The van der Waals surface area contributed by atoms with Crippen LogP contribution in [0.15, 0.2) is 21.7 Å². The molecule has 0 aromatic carbocycles. The summed E-state index contributed by atoms with van der Waals surface area (Å²) in [5, 5.41) is 10.6. The molecule has 1 aliphatic heterocycles. The van der Waals surface area contributed by atoms with Gasteiger partial charge in [0.2, 0.25) is 0 Å². The first kappa shape index (κ1) is 14.5. The van der Waals surface area contributed by atoms with Gasteiger partial charge in [0.1, 0.15) is 4.21 Å². The van der Waals surface area contributed by atoms with E-state index < -0.39 is 10.0 Å². The molecule has 5 nitrogen and oxygen atoms in total. The van der Waals surface area contributed by atoms with Crippen molar-refractivity contribution in [2.75, 3.05) is 32.7 Å². The van der Waals surface area contributed by atoms with Crippen LogP contribution in [-0.4, -0.2) is 50.3 Å². The van der Waals surface area contributed by atoms with E-state index in [9.17, 15) is 8.42 Å². The molecule has 0 unspecified atom stereocenters. The summed E-state index contributed by atoms with van der Waals surface area (Å²) in [6, 6.07) is 5.60. The first-order valence-corrected chi connectivity index (χ1v) is 8.51. The van der Waals surface area contributed by atoms with Crippen LogP contribution in [-0.2, 0) is 10.0 Å². The molecule has 7 heteroatoms. The second-order valence-electron chi connectivity index (χ2n) is 4.67. The lowest BCUT2D eigenvalue weighted by molar-refractivity contribution is 0.178. The van der Waals surface area contributed by atoms with Crippen molar-refractivity contribution < 1.29 is 8.42 Å². The lowest BCUT2D eigenvalue weighted by Gasteiger charge is -2.34. The first-order chi connectivity index (χ1) is 9.04. The van der Waals surface area contributed by atoms with Gasteiger partial charge >= 0.3 is 0 Å². The minimum Gasteiger partial charge on any atom is -0.299 e. The predicted molar refractivity (Wildman–Crippen MR) is 74.3 cm³/mol. The second-order valence-corrected chi connectivity index (χ2v) is 7.78. The highest BCUT2D eigenvalue weighted by Crippen LogP contribution is 2.22. The van der Waals surface area contributed by atoms with Crippen molar-refractivity contribution in [1.82, 2.24) is 9.21 Å². The minimum atomic E-state index is -3.32. The topological polar surface area (TPSA) is 64.4 Å². The number of thiophene rings is 1. The Balaban J connectivity index is 1.96. The van der Waals surface area contributed by atoms with Crippen molar-refractivity contribution in [2.24, 2.45) is 5.92 Å². The van der Waals surface area contributed by atoms with Gasteiger partial charge in [0.15, 0.2) is 0 Å². The quantitative estimate of drug-likeness (QED) is 0.838. The van der Waals surface area contributed by atoms with E-state index in [1.165, 1.54) is 15.6 Å². The van der Waals surface area contributed by atoms with Crippen molar-refractivity contribution in [3.8, 4) is 6.07 Å². The van der Waals surface area contributed by atoms with Crippen molar-refractivity contribution in [3.05, 3.63) is 17.5 Å². The summed E-state index contributed by atoms with van der Waals surface area (Å²) in [6.45, 7) is 4.97. The molecular weight excluding hydrogens is 282 g/mol. The van der Waals surface area contributed by atoms with Gasteiger partial charge in [-0.25, -0.2) is 8.42 Å². The number of sulfonamides is 1. The monoisotopic (exact) mass is 299 g/mol. The summed E-state index contributed by atoms with van der Waals surface area (Å²) in [6.07, 6.45) is 0. The molecule has 1 aliphatic rings. The number of hydrogen-bond acceptors (Lipinski definition) is 5. The van der Waals surface area contributed by atoms with Gasteiger partial charge in [0.05, 0.1) is 12.0 Å². The highest BCUT2D eigenvalue weighted by Gasteiger charge is 2.29. The first-order valence-electron chi connectivity index (χ1n) is 6.19. The molecule has 0 aliphatic carbocycles. The minimum absolute atomic E-state index is 0.0135. The fourth-order valence-corrected chi connectivity index (χ4v) is 4.68. The van der Waals surface area contributed by atoms with Gasteiger partial charge in [-0.1, -0.05) is 6.07 Å². The molecule has 104 valence electrons. The summed E-state index contributed by atoms with van der Waals surface area (Å²) >= 11 is 1.25. The highest BCUT2D eigenvalue weighted by molar-refractivity contribution is 7.91. The van der Waals surface area contributed by atoms with Gasteiger partial charge in [-0.3, -0.25) is 4.90 Å². The van der Waals surface area contributed by atoms with Crippen molar-refractivity contribution in [2.45, 2.75) is 11.1 Å². The molecule has 0 radical (unpaired) electrons. The Morgan fingerprint density at radius 2 is 2.11 bits per heavy atom. The van der Waals surface area contributed by atoms with Crippen LogP contribution in [0.4, 0.5) is 0 Å². The zero-order valence-electron chi connectivity index (χ0n) is 10.8. The van der Waals surface area contributed by atoms with Gasteiger partial charge in [0.25, 0.3) is 10.0 Å². The number of nitriles is 1. The molecule has 0 amide bonds. The Hall–Kier alpha value is -0.940. The molecule has 2 rings (SSSR count). The molecule has 0 spiro atoms. The third kappa shape index (κ3) is 3.34. The molecule has 0 saturated carbocycles. The largest absolute Gasteiger partial charge is 0.299 e. The normalized spacial score (nSPS) is 20.0. The van der Waals surface area contributed by atoms with Gasteiger partial charge < -0.3 is 0 Å². The zero-order valence-corrected chi connectivity index (χ0v) is 12.5. The Kier molecular flexibility index (Phi) is 4.58. The summed E-state index contributed by atoms with van der Waals surface area (Å²) in [5.74, 6) is -0.0135. The zero-order chi connectivity index (χ0) is 13.9. The van der Waals surface area contributed by atoms with E-state index >= 15 is 0 Å². The summed E-state index contributed by atoms with van der Waals surface area (Å²) in [4.78, 5) is 2.15. The van der Waals surface area contributed by atoms with Crippen molar-refractivity contribution in [1.29, 1.82) is 5.26 Å². The van der Waals surface area contributed by atoms with E-state index in [1.807, 2.05) is 6.92 Å². The Morgan fingerprint density at radius 3 is 2.63 bits per heavy atom. The Morgan fingerprint density at radius 1 is 1.42 bits per heavy atom. The third-order valence-electron chi connectivity index (χ3n) is 3.17. The maximum Gasteiger partial charge on any atom is 0.252 e. The molecule has 1 aromatic heterocycles. The molecule has 2 heterocycles. The fraction of sp³-hybridized carbons (Fsp3) is 0.583. The molecular formula is C12H17N3O2S2. The number of nitrogens with zero attached hydrogens (tertiary/aromatic N) is 3. The highest BCUT2D eigenvalue weighted by atomic mass is 32.2. The Bertz CT molecular complexity index is 540. The summed E-state index contributed by atoms with van der Waals surface area (Å²) < 4.78 is 26.5. The van der Waals surface area contributed by atoms with Crippen LogP contribution in [0, 0.1) is 17.2 Å². The van der Waals surface area contributed by atoms with Crippen LogP contribution in [0.2, 0.25) is 0 Å². The smallest absolute Gasteiger partial charge is 0.252 e. The lowest BCUT2D eigenvalue weighted by Crippen LogP contribution is -2.49. The molecule has 1 saturated heterocycles. The van der Waals surface area contributed by atoms with Crippen LogP contribution in [0.25, 0.3) is 0 Å². The molecule has 1 aromatic rings. The van der Waals surface area contributed by atoms with Crippen LogP contribution in [0.5, 0.6) is 0 Å². The van der Waals surface area contributed by atoms with E-state index in [1.54, 1.807) is 17.5 Å². The molecule has 1 fully saturated rings. The van der Waals surface area contributed by atoms with Gasteiger partial charge in [-0.05, 0) is 18.4 Å². The van der Waals surface area contributed by atoms with Crippen LogP contribution in [0.3, 0.4) is 0 Å².